The topological polar surface area (TPSA) is 71.1 Å². The van der Waals surface area contributed by atoms with E-state index in [0.29, 0.717) is 17.8 Å². The van der Waals surface area contributed by atoms with Crippen LogP contribution in [0.25, 0.3) is 0 Å². The third-order valence-corrected chi connectivity index (χ3v) is 7.49. The third kappa shape index (κ3) is 3.76. The molecule has 0 unspecified atom stereocenters. The number of aryl methyl sites for hydroxylation is 1. The summed E-state index contributed by atoms with van der Waals surface area (Å²) in [6, 6.07) is 7.53. The zero-order chi connectivity index (χ0) is 20.5. The van der Waals surface area contributed by atoms with Crippen molar-refractivity contribution in [2.75, 3.05) is 11.6 Å². The summed E-state index contributed by atoms with van der Waals surface area (Å²) in [6.45, 7) is 3.98. The number of hydrogen-bond donors (Lipinski definition) is 2. The highest BCUT2D eigenvalue weighted by Gasteiger charge is 2.39. The van der Waals surface area contributed by atoms with Gasteiger partial charge in [0.2, 0.25) is 0 Å². The monoisotopic (exact) mass is 425 g/mol. The molecule has 150 valence electrons. The van der Waals surface area contributed by atoms with Crippen LogP contribution < -0.4 is 10.6 Å². The van der Waals surface area contributed by atoms with Gasteiger partial charge >= 0.3 is 0 Å². The van der Waals surface area contributed by atoms with Crippen LogP contribution in [0, 0.1) is 6.92 Å². The smallest absolute Gasteiger partial charge is 0.255 e. The molecular formula is C22H23N3O2S2. The van der Waals surface area contributed by atoms with Crippen LogP contribution in [0.15, 0.2) is 57.2 Å². The molecule has 0 spiro atoms. The van der Waals surface area contributed by atoms with Crippen molar-refractivity contribution in [3.8, 4) is 0 Å². The summed E-state index contributed by atoms with van der Waals surface area (Å²) in [6.07, 6.45) is 5.90. The maximum Gasteiger partial charge on any atom is 0.255 e. The van der Waals surface area contributed by atoms with E-state index >= 15 is 0 Å². The molecule has 2 aliphatic rings. The number of rotatable bonds is 4. The van der Waals surface area contributed by atoms with Gasteiger partial charge in [-0.25, -0.2) is 4.98 Å². The Morgan fingerprint density at radius 1 is 1.31 bits per heavy atom. The molecule has 0 bridgehead atoms. The molecule has 0 saturated heterocycles. The molecule has 2 aromatic rings. The number of pyridine rings is 1. The molecule has 1 aliphatic heterocycles. The first-order chi connectivity index (χ1) is 14.0. The number of hydrogen-bond acceptors (Lipinski definition) is 6. The number of Topliss-reactive ketones (excluding diaryl/α,β-unsaturated/α-hetero) is 1. The Balaban J connectivity index is 1.83. The predicted octanol–water partition coefficient (Wildman–Crippen LogP) is 4.78. The second-order valence-electron chi connectivity index (χ2n) is 7.24. The summed E-state index contributed by atoms with van der Waals surface area (Å²) in [5, 5.41) is 6.27. The fourth-order valence-corrected chi connectivity index (χ4v) is 6.00. The van der Waals surface area contributed by atoms with Crippen LogP contribution in [0.1, 0.15) is 42.5 Å². The number of carbonyl (C=O) groups is 2. The van der Waals surface area contributed by atoms with E-state index < -0.39 is 0 Å². The van der Waals surface area contributed by atoms with Crippen molar-refractivity contribution in [2.45, 2.75) is 43.2 Å². The van der Waals surface area contributed by atoms with Crippen LogP contribution in [0.5, 0.6) is 0 Å². The van der Waals surface area contributed by atoms with Gasteiger partial charge in [0.1, 0.15) is 5.82 Å². The maximum atomic E-state index is 13.4. The lowest BCUT2D eigenvalue weighted by atomic mass is 9.75. The molecule has 0 saturated carbocycles. The van der Waals surface area contributed by atoms with Crippen molar-refractivity contribution in [1.82, 2.24) is 10.3 Å². The highest BCUT2D eigenvalue weighted by atomic mass is 32.2. The minimum Gasteiger partial charge on any atom is -0.362 e. The van der Waals surface area contributed by atoms with Gasteiger partial charge in [-0.05, 0) is 56.7 Å². The standard InChI is InChI=1S/C22H23N3O2S2/c1-12-11-14(22(28-3)29-12)19-18(21(27)25-17-9-4-5-10-23-17)13(2)24-15-7-6-8-16(26)20(15)19/h4-5,9-11,19,24H,6-8H2,1-3H3,(H,23,25,27)/t19-/m0/s1. The van der Waals surface area contributed by atoms with E-state index in [9.17, 15) is 9.59 Å². The number of thioether (sulfide) groups is 1. The zero-order valence-corrected chi connectivity index (χ0v) is 18.3. The van der Waals surface area contributed by atoms with Gasteiger partial charge in [0.15, 0.2) is 5.78 Å². The average molecular weight is 426 g/mol. The first kappa shape index (κ1) is 19.9. The number of allylic oxidation sites excluding steroid dienone is 3. The van der Waals surface area contributed by atoms with Gasteiger partial charge < -0.3 is 10.6 Å². The van der Waals surface area contributed by atoms with E-state index in [1.807, 2.05) is 25.3 Å². The second kappa shape index (κ2) is 8.16. The second-order valence-corrected chi connectivity index (χ2v) is 9.57. The molecule has 4 rings (SSSR count). The number of nitrogens with zero attached hydrogens (tertiary/aromatic N) is 1. The number of thiophene rings is 1. The van der Waals surface area contributed by atoms with Crippen molar-refractivity contribution in [3.63, 3.8) is 0 Å². The van der Waals surface area contributed by atoms with Gasteiger partial charge in [-0.15, -0.1) is 23.1 Å². The van der Waals surface area contributed by atoms with Crippen LogP contribution in [0.3, 0.4) is 0 Å². The zero-order valence-electron chi connectivity index (χ0n) is 16.7. The first-order valence-corrected chi connectivity index (χ1v) is 11.6. The average Bonchev–Trinajstić information content (AvgIpc) is 3.08. The molecule has 0 aromatic carbocycles. The number of ketones is 1. The van der Waals surface area contributed by atoms with Crippen molar-refractivity contribution in [3.05, 3.63) is 63.4 Å². The molecule has 5 nitrogen and oxygen atoms in total. The van der Waals surface area contributed by atoms with E-state index in [0.717, 1.165) is 39.6 Å². The largest absolute Gasteiger partial charge is 0.362 e. The number of aromatic nitrogens is 1. The number of dihydropyridines is 1. The predicted molar refractivity (Wildman–Crippen MR) is 118 cm³/mol. The Morgan fingerprint density at radius 2 is 2.14 bits per heavy atom. The van der Waals surface area contributed by atoms with Crippen LogP contribution in [-0.2, 0) is 9.59 Å². The van der Waals surface area contributed by atoms with Crippen LogP contribution in [0.4, 0.5) is 5.82 Å². The molecule has 0 radical (unpaired) electrons. The van der Waals surface area contributed by atoms with Crippen LogP contribution >= 0.6 is 23.1 Å². The minimum atomic E-state index is -0.352. The number of anilines is 1. The van der Waals surface area contributed by atoms with Crippen molar-refractivity contribution < 1.29 is 9.59 Å². The lowest BCUT2D eigenvalue weighted by Crippen LogP contribution is -2.35. The molecule has 2 N–H and O–H groups in total. The van der Waals surface area contributed by atoms with Gasteiger partial charge in [-0.2, -0.15) is 0 Å². The van der Waals surface area contributed by atoms with E-state index in [2.05, 4.69) is 28.6 Å². The summed E-state index contributed by atoms with van der Waals surface area (Å²) in [4.78, 5) is 31.7. The SMILES string of the molecule is CSc1sc(C)cc1[C@H]1C(C(=O)Nc2ccccn2)=C(C)NC2=C1C(=O)CCC2. The van der Waals surface area contributed by atoms with E-state index in [1.54, 1.807) is 35.4 Å². The summed E-state index contributed by atoms with van der Waals surface area (Å²) in [5.41, 5.74) is 4.16. The molecule has 1 atom stereocenters. The Morgan fingerprint density at radius 3 is 2.86 bits per heavy atom. The number of carbonyl (C=O) groups excluding carboxylic acids is 2. The summed E-state index contributed by atoms with van der Waals surface area (Å²) < 4.78 is 1.15. The molecule has 1 amide bonds. The van der Waals surface area contributed by atoms with Crippen molar-refractivity contribution >= 4 is 40.6 Å². The lowest BCUT2D eigenvalue weighted by Gasteiger charge is -2.34. The van der Waals surface area contributed by atoms with Gasteiger partial charge in [0.25, 0.3) is 5.91 Å². The molecule has 1 aliphatic carbocycles. The molecule has 0 fully saturated rings. The Kier molecular flexibility index (Phi) is 5.61. The molecule has 7 heteroatoms. The fraction of sp³-hybridized carbons (Fsp3) is 0.318. The Hall–Kier alpha value is -2.38. The number of amides is 1. The van der Waals surface area contributed by atoms with Gasteiger partial charge in [0, 0.05) is 46.0 Å². The lowest BCUT2D eigenvalue weighted by molar-refractivity contribution is -0.116. The van der Waals surface area contributed by atoms with Gasteiger partial charge in [-0.1, -0.05) is 6.07 Å². The first-order valence-electron chi connectivity index (χ1n) is 9.60. The summed E-state index contributed by atoms with van der Waals surface area (Å²) in [5.74, 6) is 0.0582. The molecule has 2 aromatic heterocycles. The van der Waals surface area contributed by atoms with E-state index in [1.165, 1.54) is 4.88 Å². The van der Waals surface area contributed by atoms with E-state index in [4.69, 9.17) is 0 Å². The van der Waals surface area contributed by atoms with Gasteiger partial charge in [-0.3, -0.25) is 9.59 Å². The summed E-state index contributed by atoms with van der Waals surface area (Å²) >= 11 is 3.38. The fourth-order valence-electron chi connectivity index (χ4n) is 4.09. The quantitative estimate of drug-likeness (QED) is 0.690. The Labute approximate surface area is 178 Å². The van der Waals surface area contributed by atoms with Crippen LogP contribution in [0.2, 0.25) is 0 Å². The molecule has 29 heavy (non-hydrogen) atoms. The van der Waals surface area contributed by atoms with E-state index in [-0.39, 0.29) is 17.6 Å². The van der Waals surface area contributed by atoms with Crippen molar-refractivity contribution in [2.24, 2.45) is 0 Å². The normalized spacial score (nSPS) is 19.1. The number of nitrogens with one attached hydrogen (secondary N) is 2. The summed E-state index contributed by atoms with van der Waals surface area (Å²) in [7, 11) is 0. The maximum absolute atomic E-state index is 13.4. The van der Waals surface area contributed by atoms with Gasteiger partial charge in [0.05, 0.1) is 4.21 Å². The highest BCUT2D eigenvalue weighted by molar-refractivity contribution is 8.00. The van der Waals surface area contributed by atoms with Crippen molar-refractivity contribution in [1.29, 1.82) is 0 Å². The third-order valence-electron chi connectivity index (χ3n) is 5.27. The Bertz CT molecular complexity index is 1040. The van der Waals surface area contributed by atoms with Crippen LogP contribution in [-0.4, -0.2) is 22.9 Å². The minimum absolute atomic E-state index is 0.135. The molecule has 3 heterocycles. The molecular weight excluding hydrogens is 402 g/mol. The highest BCUT2D eigenvalue weighted by Crippen LogP contribution is 2.47.